The summed E-state index contributed by atoms with van der Waals surface area (Å²) in [5.74, 6) is -0.817. The van der Waals surface area contributed by atoms with Gasteiger partial charge in [0.05, 0.1) is 13.0 Å². The van der Waals surface area contributed by atoms with Crippen molar-refractivity contribution in [2.24, 2.45) is 5.92 Å². The van der Waals surface area contributed by atoms with Crippen LogP contribution >= 0.6 is 0 Å². The molecule has 1 unspecified atom stereocenters. The van der Waals surface area contributed by atoms with Crippen molar-refractivity contribution in [1.29, 1.82) is 5.41 Å². The van der Waals surface area contributed by atoms with E-state index in [-0.39, 0.29) is 25.3 Å². The number of amides is 1. The average Bonchev–Trinajstić information content (AvgIpc) is 3.37. The van der Waals surface area contributed by atoms with E-state index in [1.54, 1.807) is 6.92 Å². The van der Waals surface area contributed by atoms with E-state index in [2.05, 4.69) is 0 Å². The number of carbonyl (C=O) groups excluding carboxylic acids is 2. The number of likely N-dealkylation sites (tertiary alicyclic amines) is 1. The summed E-state index contributed by atoms with van der Waals surface area (Å²) in [7, 11) is 1.40. The number of rotatable bonds is 7. The zero-order chi connectivity index (χ0) is 24.1. The Labute approximate surface area is 208 Å². The predicted molar refractivity (Wildman–Crippen MR) is 141 cm³/mol. The summed E-state index contributed by atoms with van der Waals surface area (Å²) in [6, 6.07) is 25.2. The van der Waals surface area contributed by atoms with Crippen molar-refractivity contribution in [3.05, 3.63) is 95.6 Å². The first kappa shape index (κ1) is 25.9. The highest BCUT2D eigenvalue weighted by Gasteiger charge is 2.39. The molecule has 2 atom stereocenters. The Morgan fingerprint density at radius 2 is 1.66 bits per heavy atom. The van der Waals surface area contributed by atoms with Crippen LogP contribution in [0.3, 0.4) is 0 Å². The molecule has 0 spiro atoms. The van der Waals surface area contributed by atoms with Gasteiger partial charge in [0, 0.05) is 23.9 Å². The first-order valence-electron chi connectivity index (χ1n) is 11.7. The minimum absolute atomic E-state index is 0. The normalized spacial score (nSPS) is 15.7. The van der Waals surface area contributed by atoms with Gasteiger partial charge in [-0.05, 0) is 66.6 Å². The highest BCUT2D eigenvalue weighted by molar-refractivity contribution is 5.96. The third-order valence-corrected chi connectivity index (χ3v) is 6.58. The molecule has 0 saturated carbocycles. The van der Waals surface area contributed by atoms with Crippen LogP contribution < -0.4 is 0 Å². The molecule has 1 aliphatic heterocycles. The van der Waals surface area contributed by atoms with Gasteiger partial charge >= 0.3 is 5.97 Å². The van der Waals surface area contributed by atoms with E-state index in [1.807, 2.05) is 83.8 Å². The zero-order valence-corrected chi connectivity index (χ0v) is 19.7. The lowest BCUT2D eigenvalue weighted by Gasteiger charge is -2.30. The second kappa shape index (κ2) is 11.6. The van der Waals surface area contributed by atoms with E-state index < -0.39 is 5.92 Å². The van der Waals surface area contributed by atoms with Gasteiger partial charge in [-0.2, -0.15) is 0 Å². The fraction of sp³-hybridized carbons (Fsp3) is 0.300. The number of hydrogen-bond acceptors (Lipinski definition) is 4. The van der Waals surface area contributed by atoms with Crippen LogP contribution in [0.25, 0.3) is 11.1 Å². The van der Waals surface area contributed by atoms with Gasteiger partial charge in [-0.1, -0.05) is 68.1 Å². The third-order valence-electron chi connectivity index (χ3n) is 6.58. The fourth-order valence-corrected chi connectivity index (χ4v) is 4.78. The number of carbonyl (C=O) groups is 2. The molecule has 1 N–H and O–H groups in total. The molecular weight excluding hydrogens is 436 g/mol. The fourth-order valence-electron chi connectivity index (χ4n) is 4.78. The first-order chi connectivity index (χ1) is 16.5. The van der Waals surface area contributed by atoms with Crippen molar-refractivity contribution < 1.29 is 14.3 Å². The molecule has 3 aromatic rings. The maximum Gasteiger partial charge on any atom is 0.311 e. The number of esters is 1. The van der Waals surface area contributed by atoms with Crippen LogP contribution in [-0.4, -0.2) is 42.2 Å². The van der Waals surface area contributed by atoms with E-state index in [1.165, 1.54) is 7.11 Å². The summed E-state index contributed by atoms with van der Waals surface area (Å²) in [5.41, 5.74) is 5.06. The molecule has 0 bridgehead atoms. The molecule has 1 aliphatic rings. The van der Waals surface area contributed by atoms with Gasteiger partial charge in [0.2, 0.25) is 0 Å². The Bertz CT molecular complexity index is 1170. The maximum atomic E-state index is 13.5. The topological polar surface area (TPSA) is 70.5 Å². The average molecular weight is 471 g/mol. The molecule has 5 heteroatoms. The van der Waals surface area contributed by atoms with Crippen LogP contribution in [-0.2, 0) is 16.0 Å². The molecule has 1 fully saturated rings. The summed E-state index contributed by atoms with van der Waals surface area (Å²) in [5, 5.41) is 7.91. The van der Waals surface area contributed by atoms with Crippen molar-refractivity contribution in [2.45, 2.75) is 39.7 Å². The van der Waals surface area contributed by atoms with Gasteiger partial charge in [0.1, 0.15) is 0 Å². The van der Waals surface area contributed by atoms with Gasteiger partial charge < -0.3 is 15.0 Å². The predicted octanol–water partition coefficient (Wildman–Crippen LogP) is 6.01. The van der Waals surface area contributed by atoms with E-state index in [9.17, 15) is 9.59 Å². The molecule has 35 heavy (non-hydrogen) atoms. The molecule has 182 valence electrons. The second-order valence-corrected chi connectivity index (χ2v) is 8.81. The van der Waals surface area contributed by atoms with E-state index in [4.69, 9.17) is 10.1 Å². The third kappa shape index (κ3) is 5.86. The summed E-state index contributed by atoms with van der Waals surface area (Å²) in [6.07, 6.45) is 2.08. The van der Waals surface area contributed by atoms with Crippen molar-refractivity contribution in [2.75, 3.05) is 13.7 Å². The monoisotopic (exact) mass is 470 g/mol. The van der Waals surface area contributed by atoms with E-state index in [0.717, 1.165) is 35.1 Å². The summed E-state index contributed by atoms with van der Waals surface area (Å²) in [6.45, 7) is 2.37. The highest BCUT2D eigenvalue weighted by Crippen LogP contribution is 2.30. The van der Waals surface area contributed by atoms with Gasteiger partial charge in [-0.25, -0.2) is 0 Å². The lowest BCUT2D eigenvalue weighted by atomic mass is 9.89. The first-order valence-corrected chi connectivity index (χ1v) is 11.7. The Morgan fingerprint density at radius 1 is 0.971 bits per heavy atom. The lowest BCUT2D eigenvalue weighted by molar-refractivity contribution is -0.147. The van der Waals surface area contributed by atoms with Crippen molar-refractivity contribution in [1.82, 2.24) is 4.90 Å². The Balaban J connectivity index is 0.00000342. The summed E-state index contributed by atoms with van der Waals surface area (Å²) < 4.78 is 5.15. The minimum atomic E-state index is -0.457. The van der Waals surface area contributed by atoms with Crippen LogP contribution in [0.2, 0.25) is 0 Å². The van der Waals surface area contributed by atoms with Gasteiger partial charge in [0.15, 0.2) is 0 Å². The van der Waals surface area contributed by atoms with Gasteiger partial charge in [-0.15, -0.1) is 0 Å². The molecule has 0 aromatic heterocycles. The zero-order valence-electron chi connectivity index (χ0n) is 19.7. The summed E-state index contributed by atoms with van der Waals surface area (Å²) >= 11 is 0. The molecule has 0 radical (unpaired) electrons. The number of nitrogens with one attached hydrogen (secondary N) is 1. The number of nitrogens with zero attached hydrogens (tertiary/aromatic N) is 1. The van der Waals surface area contributed by atoms with Crippen molar-refractivity contribution in [3.8, 4) is 11.1 Å². The molecular formula is C30H34N2O3. The smallest absolute Gasteiger partial charge is 0.311 e. The Morgan fingerprint density at radius 3 is 2.31 bits per heavy atom. The van der Waals surface area contributed by atoms with Crippen LogP contribution in [0.15, 0.2) is 78.9 Å². The number of ether oxygens (including phenoxy) is 1. The molecule has 5 nitrogen and oxygen atoms in total. The minimum Gasteiger partial charge on any atom is -0.469 e. The lowest BCUT2D eigenvalue weighted by Crippen LogP contribution is -2.44. The van der Waals surface area contributed by atoms with Crippen LogP contribution in [0.1, 0.15) is 48.7 Å². The summed E-state index contributed by atoms with van der Waals surface area (Å²) in [4.78, 5) is 28.1. The number of benzene rings is 3. The largest absolute Gasteiger partial charge is 0.469 e. The van der Waals surface area contributed by atoms with Crippen molar-refractivity contribution in [3.63, 3.8) is 0 Å². The van der Waals surface area contributed by atoms with Gasteiger partial charge in [-0.3, -0.25) is 9.59 Å². The van der Waals surface area contributed by atoms with Gasteiger partial charge in [0.25, 0.3) is 5.91 Å². The number of methoxy groups -OCH3 is 1. The van der Waals surface area contributed by atoms with Crippen molar-refractivity contribution >= 4 is 17.6 Å². The Kier molecular flexibility index (Phi) is 8.58. The standard InChI is InChI=1S/C29H30N2O3.CH4/c1-20(30)25-11-6-8-21(18-25)19-26(29(33)34-2)27-12-7-17-31(27)28(32)24-15-13-23(14-16-24)22-9-4-3-5-10-22;/h3-6,8-11,13-16,18,26-27,30H,7,12,17,19H2,1-2H3;1H4/t26?,27-;/m1./s1. The molecule has 1 amide bonds. The maximum absolute atomic E-state index is 13.5. The number of hydrogen-bond donors (Lipinski definition) is 1. The van der Waals surface area contributed by atoms with Crippen LogP contribution in [0, 0.1) is 11.3 Å². The Hall–Kier alpha value is -3.73. The van der Waals surface area contributed by atoms with Crippen LogP contribution in [0.5, 0.6) is 0 Å². The second-order valence-electron chi connectivity index (χ2n) is 8.81. The quantitative estimate of drug-likeness (QED) is 0.339. The van der Waals surface area contributed by atoms with E-state index in [0.29, 0.717) is 24.2 Å². The van der Waals surface area contributed by atoms with E-state index >= 15 is 0 Å². The SMILES string of the molecule is C.COC(=O)C(Cc1cccc(C(C)=N)c1)[C@H]1CCCN1C(=O)c1ccc(-c2ccccc2)cc1. The molecule has 1 saturated heterocycles. The molecule has 0 aliphatic carbocycles. The highest BCUT2D eigenvalue weighted by atomic mass is 16.5. The molecule has 3 aromatic carbocycles. The molecule has 1 heterocycles. The van der Waals surface area contributed by atoms with Crippen LogP contribution in [0.4, 0.5) is 0 Å². The molecule has 4 rings (SSSR count).